The summed E-state index contributed by atoms with van der Waals surface area (Å²) < 4.78 is 0. The van der Waals surface area contributed by atoms with Crippen LogP contribution < -0.4 is 0 Å². The molecule has 0 aromatic heterocycles. The predicted octanol–water partition coefficient (Wildman–Crippen LogP) is 4.46. The Morgan fingerprint density at radius 2 is 1.93 bits per heavy atom. The third-order valence-corrected chi connectivity index (χ3v) is 8.30. The first-order chi connectivity index (χ1) is 14.3. The van der Waals surface area contributed by atoms with Crippen molar-refractivity contribution in [3.8, 4) is 0 Å². The molecule has 1 unspecified atom stereocenters. The SMILES string of the molecule is C=C1C(=CC=C2CCC[C@@]3(C)C2CC[C@@H]3CC(=O)CC(=O)C2CC2)C[C@@H](O)C[C@@H]1O. The number of carbonyl (C=O) groups excluding carboxylic acids is 2. The Morgan fingerprint density at radius 1 is 1.17 bits per heavy atom. The lowest BCUT2D eigenvalue weighted by Gasteiger charge is -2.42. The summed E-state index contributed by atoms with van der Waals surface area (Å²) in [6, 6.07) is 0. The number of allylic oxidation sites excluding steroid dienone is 3. The third-order valence-electron chi connectivity index (χ3n) is 8.30. The zero-order valence-electron chi connectivity index (χ0n) is 18.2. The van der Waals surface area contributed by atoms with Crippen LogP contribution in [0.3, 0.4) is 0 Å². The smallest absolute Gasteiger partial charge is 0.143 e. The van der Waals surface area contributed by atoms with Crippen LogP contribution in [-0.2, 0) is 9.59 Å². The van der Waals surface area contributed by atoms with E-state index in [9.17, 15) is 19.8 Å². The fourth-order valence-corrected chi connectivity index (χ4v) is 6.24. The maximum absolute atomic E-state index is 12.6. The quantitative estimate of drug-likeness (QED) is 0.632. The van der Waals surface area contributed by atoms with Crippen LogP contribution in [0.4, 0.5) is 0 Å². The standard InChI is InChI=1S/C26H36O4/c1-16-19(12-21(27)14-24(16)29)8-5-17-4-3-11-26(2)20(9-10-23(17)26)13-22(28)15-25(30)18-6-7-18/h5,8,18,20-21,23-24,27,29H,1,3-4,6-7,9-15H2,2H3/t20-,21-,23?,24+,26-/m1/s1. The van der Waals surface area contributed by atoms with Gasteiger partial charge >= 0.3 is 0 Å². The molecule has 0 aromatic carbocycles. The van der Waals surface area contributed by atoms with Crippen LogP contribution in [0.5, 0.6) is 0 Å². The Bertz CT molecular complexity index is 787. The number of Topliss-reactive ketones (excluding diaryl/α,β-unsaturated/α-hetero) is 2. The molecule has 0 amide bonds. The summed E-state index contributed by atoms with van der Waals surface area (Å²) in [6.07, 6.45) is 12.1. The fraction of sp³-hybridized carbons (Fsp3) is 0.692. The fourth-order valence-electron chi connectivity index (χ4n) is 6.24. The molecule has 164 valence electrons. The van der Waals surface area contributed by atoms with Crippen molar-refractivity contribution in [2.45, 2.75) is 89.8 Å². The number of fused-ring (bicyclic) bond motifs is 1. The van der Waals surface area contributed by atoms with E-state index in [0.29, 0.717) is 31.1 Å². The lowest BCUT2D eigenvalue weighted by Crippen LogP contribution is -2.34. The number of hydrogen-bond donors (Lipinski definition) is 2. The van der Waals surface area contributed by atoms with Crippen LogP contribution in [0.2, 0.25) is 0 Å². The normalized spacial score (nSPS) is 39.4. The van der Waals surface area contributed by atoms with Gasteiger partial charge < -0.3 is 10.2 Å². The molecule has 4 heteroatoms. The van der Waals surface area contributed by atoms with Gasteiger partial charge in [0.25, 0.3) is 0 Å². The minimum absolute atomic E-state index is 0.128. The highest BCUT2D eigenvalue weighted by Crippen LogP contribution is 2.58. The average molecular weight is 413 g/mol. The highest BCUT2D eigenvalue weighted by molar-refractivity contribution is 6.01. The largest absolute Gasteiger partial charge is 0.393 e. The molecule has 4 rings (SSSR count). The molecule has 4 fully saturated rings. The van der Waals surface area contributed by atoms with Crippen molar-refractivity contribution in [2.24, 2.45) is 23.2 Å². The van der Waals surface area contributed by atoms with Crippen molar-refractivity contribution < 1.29 is 19.8 Å². The Kier molecular flexibility index (Phi) is 6.18. The van der Waals surface area contributed by atoms with Gasteiger partial charge in [-0.3, -0.25) is 9.59 Å². The van der Waals surface area contributed by atoms with E-state index >= 15 is 0 Å². The van der Waals surface area contributed by atoms with E-state index in [2.05, 4.69) is 25.7 Å². The van der Waals surface area contributed by atoms with E-state index in [4.69, 9.17) is 0 Å². The zero-order valence-corrected chi connectivity index (χ0v) is 18.2. The lowest BCUT2D eigenvalue weighted by molar-refractivity contribution is -0.128. The molecule has 4 saturated carbocycles. The molecule has 4 nitrogen and oxygen atoms in total. The average Bonchev–Trinajstić information content (AvgIpc) is 3.48. The second-order valence-corrected chi connectivity index (χ2v) is 10.4. The molecule has 0 spiro atoms. The molecule has 5 atom stereocenters. The molecular weight excluding hydrogens is 376 g/mol. The summed E-state index contributed by atoms with van der Waals surface area (Å²) in [4.78, 5) is 24.6. The van der Waals surface area contributed by atoms with Gasteiger partial charge in [-0.05, 0) is 79.8 Å². The monoisotopic (exact) mass is 412 g/mol. The summed E-state index contributed by atoms with van der Waals surface area (Å²) in [5.74, 6) is 1.31. The lowest BCUT2D eigenvalue weighted by atomic mass is 9.62. The van der Waals surface area contributed by atoms with Gasteiger partial charge in [-0.15, -0.1) is 0 Å². The summed E-state index contributed by atoms with van der Waals surface area (Å²) >= 11 is 0. The van der Waals surface area contributed by atoms with Gasteiger partial charge in [-0.25, -0.2) is 0 Å². The number of aliphatic hydroxyl groups is 2. The molecule has 2 N–H and O–H groups in total. The third kappa shape index (κ3) is 4.40. The number of aliphatic hydroxyl groups excluding tert-OH is 2. The van der Waals surface area contributed by atoms with E-state index in [-0.39, 0.29) is 29.3 Å². The molecule has 4 aliphatic rings. The van der Waals surface area contributed by atoms with E-state index in [1.165, 1.54) is 5.57 Å². The van der Waals surface area contributed by atoms with Crippen LogP contribution in [-0.4, -0.2) is 34.0 Å². The van der Waals surface area contributed by atoms with Crippen molar-refractivity contribution in [1.82, 2.24) is 0 Å². The van der Waals surface area contributed by atoms with E-state index in [0.717, 1.165) is 56.1 Å². The maximum Gasteiger partial charge on any atom is 0.143 e. The first-order valence-corrected chi connectivity index (χ1v) is 11.8. The van der Waals surface area contributed by atoms with E-state index < -0.39 is 12.2 Å². The molecule has 0 radical (unpaired) electrons. The van der Waals surface area contributed by atoms with E-state index in [1.54, 1.807) is 0 Å². The first-order valence-electron chi connectivity index (χ1n) is 11.8. The van der Waals surface area contributed by atoms with Crippen molar-refractivity contribution in [3.63, 3.8) is 0 Å². The van der Waals surface area contributed by atoms with Crippen molar-refractivity contribution in [1.29, 1.82) is 0 Å². The molecule has 0 bridgehead atoms. The Labute approximate surface area is 180 Å². The minimum Gasteiger partial charge on any atom is -0.393 e. The van der Waals surface area contributed by atoms with Crippen LogP contribution >= 0.6 is 0 Å². The minimum atomic E-state index is -0.657. The van der Waals surface area contributed by atoms with Crippen LogP contribution in [0.1, 0.15) is 77.6 Å². The number of rotatable bonds is 6. The van der Waals surface area contributed by atoms with Gasteiger partial charge in [0.15, 0.2) is 0 Å². The molecule has 0 heterocycles. The topological polar surface area (TPSA) is 74.6 Å². The molecular formula is C26H36O4. The number of hydrogen-bond acceptors (Lipinski definition) is 4. The Hall–Kier alpha value is -1.52. The zero-order chi connectivity index (χ0) is 21.5. The first kappa shape index (κ1) is 21.7. The molecule has 30 heavy (non-hydrogen) atoms. The van der Waals surface area contributed by atoms with Crippen molar-refractivity contribution in [2.75, 3.05) is 0 Å². The van der Waals surface area contributed by atoms with Crippen LogP contribution in [0.15, 0.2) is 35.5 Å². The predicted molar refractivity (Wildman–Crippen MR) is 117 cm³/mol. The van der Waals surface area contributed by atoms with Crippen molar-refractivity contribution in [3.05, 3.63) is 35.5 Å². The van der Waals surface area contributed by atoms with Gasteiger partial charge in [0.2, 0.25) is 0 Å². The second-order valence-electron chi connectivity index (χ2n) is 10.4. The van der Waals surface area contributed by atoms with Gasteiger partial charge in [0.05, 0.1) is 18.6 Å². The summed E-state index contributed by atoms with van der Waals surface area (Å²) in [6.45, 7) is 6.36. The molecule has 0 aromatic rings. The summed E-state index contributed by atoms with van der Waals surface area (Å²) in [7, 11) is 0. The van der Waals surface area contributed by atoms with E-state index in [1.807, 2.05) is 0 Å². The molecule has 0 saturated heterocycles. The maximum atomic E-state index is 12.6. The number of carbonyl (C=O) groups is 2. The van der Waals surface area contributed by atoms with Gasteiger partial charge in [-0.1, -0.05) is 31.2 Å². The Morgan fingerprint density at radius 3 is 2.67 bits per heavy atom. The highest BCUT2D eigenvalue weighted by atomic mass is 16.3. The second kappa shape index (κ2) is 8.55. The summed E-state index contributed by atoms with van der Waals surface area (Å²) in [5.41, 5.74) is 3.24. The van der Waals surface area contributed by atoms with Crippen molar-refractivity contribution >= 4 is 11.6 Å². The van der Waals surface area contributed by atoms with Gasteiger partial charge in [0, 0.05) is 18.8 Å². The van der Waals surface area contributed by atoms with Crippen LogP contribution in [0.25, 0.3) is 0 Å². The summed E-state index contributed by atoms with van der Waals surface area (Å²) in [5, 5.41) is 20.1. The molecule has 0 aliphatic heterocycles. The van der Waals surface area contributed by atoms with Gasteiger partial charge in [-0.2, -0.15) is 0 Å². The van der Waals surface area contributed by atoms with Gasteiger partial charge in [0.1, 0.15) is 11.6 Å². The number of ketones is 2. The highest BCUT2D eigenvalue weighted by Gasteiger charge is 2.49. The Balaban J connectivity index is 1.44. The molecule has 4 aliphatic carbocycles. The van der Waals surface area contributed by atoms with Crippen LogP contribution in [0, 0.1) is 23.2 Å².